The molecule has 0 radical (unpaired) electrons. The molecule has 0 fully saturated rings. The van der Waals surface area contributed by atoms with Crippen LogP contribution in [-0.4, -0.2) is 18.3 Å². The lowest BCUT2D eigenvalue weighted by Crippen LogP contribution is -2.51. The Labute approximate surface area is 190 Å². The minimum Gasteiger partial charge on any atom is -0.485 e. The molecule has 1 aliphatic heterocycles. The highest BCUT2D eigenvalue weighted by molar-refractivity contribution is 5.54. The molecule has 0 amide bonds. The van der Waals surface area contributed by atoms with E-state index in [2.05, 4.69) is 60.4 Å². The largest absolute Gasteiger partial charge is 0.485 e. The molecule has 2 unspecified atom stereocenters. The van der Waals surface area contributed by atoms with E-state index in [4.69, 9.17) is 14.2 Å². The highest BCUT2D eigenvalue weighted by Gasteiger charge is 2.45. The molecule has 32 heavy (non-hydrogen) atoms. The second kappa shape index (κ2) is 10.0. The molecule has 3 aromatic rings. The van der Waals surface area contributed by atoms with Crippen molar-refractivity contribution < 1.29 is 14.2 Å². The first-order valence-electron chi connectivity index (χ1n) is 11.1. The van der Waals surface area contributed by atoms with Gasteiger partial charge in [-0.1, -0.05) is 66.7 Å². The highest BCUT2D eigenvalue weighted by Crippen LogP contribution is 2.44. The fourth-order valence-corrected chi connectivity index (χ4v) is 4.04. The van der Waals surface area contributed by atoms with Gasteiger partial charge in [-0.2, -0.15) is 0 Å². The smallest absolute Gasteiger partial charge is 0.132 e. The summed E-state index contributed by atoms with van der Waals surface area (Å²) in [5.74, 6) is 0.830. The first-order valence-corrected chi connectivity index (χ1v) is 11.1. The van der Waals surface area contributed by atoms with Crippen LogP contribution < -0.4 is 10.1 Å². The molecule has 1 N–H and O–H groups in total. The van der Waals surface area contributed by atoms with Gasteiger partial charge in [-0.05, 0) is 43.2 Å². The van der Waals surface area contributed by atoms with Crippen molar-refractivity contribution in [3.8, 4) is 5.75 Å². The predicted octanol–water partition coefficient (Wildman–Crippen LogP) is 6.30. The standard InChI is InChI=1S/C28H31NO3/c1-4-17-30-27-26(31-20-22-13-9-6-10-14-22)24-18-23(15-16-25(24)32-28(27,2)3)29-19-21-11-7-5-8-12-21/h4-16,18,26-27,29H,1,17,19-20H2,2-3H3. The minimum absolute atomic E-state index is 0.271. The molecule has 166 valence electrons. The molecule has 3 aromatic carbocycles. The van der Waals surface area contributed by atoms with Crippen LogP contribution in [0.2, 0.25) is 0 Å². The Kier molecular flexibility index (Phi) is 6.93. The predicted molar refractivity (Wildman–Crippen MR) is 129 cm³/mol. The third kappa shape index (κ3) is 5.21. The van der Waals surface area contributed by atoms with E-state index in [1.54, 1.807) is 6.08 Å². The first kappa shape index (κ1) is 22.1. The summed E-state index contributed by atoms with van der Waals surface area (Å²) >= 11 is 0. The molecule has 0 spiro atoms. The molecule has 0 aromatic heterocycles. The maximum Gasteiger partial charge on any atom is 0.132 e. The Balaban J connectivity index is 1.61. The highest BCUT2D eigenvalue weighted by atomic mass is 16.6. The summed E-state index contributed by atoms with van der Waals surface area (Å²) < 4.78 is 19.0. The van der Waals surface area contributed by atoms with Gasteiger partial charge in [0.2, 0.25) is 0 Å². The summed E-state index contributed by atoms with van der Waals surface area (Å²) in [4.78, 5) is 0. The molecular formula is C28H31NO3. The van der Waals surface area contributed by atoms with Crippen molar-refractivity contribution in [3.63, 3.8) is 0 Å². The van der Waals surface area contributed by atoms with Crippen molar-refractivity contribution >= 4 is 5.69 Å². The van der Waals surface area contributed by atoms with Crippen molar-refractivity contribution in [1.82, 2.24) is 0 Å². The van der Waals surface area contributed by atoms with Crippen molar-refractivity contribution in [1.29, 1.82) is 0 Å². The number of rotatable bonds is 9. The summed E-state index contributed by atoms with van der Waals surface area (Å²) in [6.45, 7) is 9.58. The summed E-state index contributed by atoms with van der Waals surface area (Å²) in [6, 6.07) is 26.8. The van der Waals surface area contributed by atoms with Crippen LogP contribution in [0, 0.1) is 0 Å². The van der Waals surface area contributed by atoms with Gasteiger partial charge in [-0.25, -0.2) is 0 Å². The molecule has 0 saturated heterocycles. The van der Waals surface area contributed by atoms with E-state index in [1.165, 1.54) is 5.56 Å². The van der Waals surface area contributed by atoms with Gasteiger partial charge < -0.3 is 19.5 Å². The minimum atomic E-state index is -0.545. The Morgan fingerprint density at radius 2 is 1.62 bits per heavy atom. The zero-order chi connectivity index (χ0) is 22.4. The van der Waals surface area contributed by atoms with Crippen LogP contribution >= 0.6 is 0 Å². The van der Waals surface area contributed by atoms with Crippen LogP contribution in [-0.2, 0) is 22.6 Å². The lowest BCUT2D eigenvalue weighted by molar-refractivity contribution is -0.161. The number of fused-ring (bicyclic) bond motifs is 1. The second-order valence-electron chi connectivity index (χ2n) is 8.56. The van der Waals surface area contributed by atoms with Crippen molar-refractivity contribution in [2.24, 2.45) is 0 Å². The van der Waals surface area contributed by atoms with E-state index in [9.17, 15) is 0 Å². The van der Waals surface area contributed by atoms with Gasteiger partial charge >= 0.3 is 0 Å². The van der Waals surface area contributed by atoms with E-state index in [1.807, 2.05) is 44.2 Å². The normalized spacial score (nSPS) is 18.9. The fourth-order valence-electron chi connectivity index (χ4n) is 4.04. The number of nitrogens with one attached hydrogen (secondary N) is 1. The third-order valence-corrected chi connectivity index (χ3v) is 5.65. The first-order chi connectivity index (χ1) is 15.6. The Bertz CT molecular complexity index is 1020. The maximum atomic E-state index is 6.49. The van der Waals surface area contributed by atoms with Crippen LogP contribution in [0.3, 0.4) is 0 Å². The zero-order valence-electron chi connectivity index (χ0n) is 18.8. The summed E-state index contributed by atoms with van der Waals surface area (Å²) in [5, 5.41) is 3.52. The molecular weight excluding hydrogens is 398 g/mol. The lowest BCUT2D eigenvalue weighted by atomic mass is 9.87. The molecule has 2 atom stereocenters. The Hall–Kier alpha value is -3.08. The lowest BCUT2D eigenvalue weighted by Gasteiger charge is -2.44. The average molecular weight is 430 g/mol. The summed E-state index contributed by atoms with van der Waals surface area (Å²) in [7, 11) is 0. The zero-order valence-corrected chi connectivity index (χ0v) is 18.8. The van der Waals surface area contributed by atoms with Crippen LogP contribution in [0.25, 0.3) is 0 Å². The Morgan fingerprint density at radius 3 is 2.31 bits per heavy atom. The van der Waals surface area contributed by atoms with E-state index >= 15 is 0 Å². The maximum absolute atomic E-state index is 6.49. The van der Waals surface area contributed by atoms with Gasteiger partial charge in [0.05, 0.1) is 13.2 Å². The number of hydrogen-bond acceptors (Lipinski definition) is 4. The third-order valence-electron chi connectivity index (χ3n) is 5.65. The van der Waals surface area contributed by atoms with Crippen molar-refractivity contribution in [3.05, 3.63) is 108 Å². The number of anilines is 1. The van der Waals surface area contributed by atoms with E-state index < -0.39 is 5.60 Å². The van der Waals surface area contributed by atoms with E-state index in [-0.39, 0.29) is 12.2 Å². The van der Waals surface area contributed by atoms with Gasteiger partial charge in [-0.3, -0.25) is 0 Å². The van der Waals surface area contributed by atoms with Crippen molar-refractivity contribution in [2.45, 2.75) is 44.8 Å². The van der Waals surface area contributed by atoms with Gasteiger partial charge in [-0.15, -0.1) is 6.58 Å². The number of benzene rings is 3. The Morgan fingerprint density at radius 1 is 0.938 bits per heavy atom. The molecule has 1 heterocycles. The molecule has 4 rings (SSSR count). The summed E-state index contributed by atoms with van der Waals surface area (Å²) in [5.41, 5.74) is 3.82. The van der Waals surface area contributed by atoms with E-state index in [0.717, 1.165) is 29.1 Å². The van der Waals surface area contributed by atoms with Crippen LogP contribution in [0.4, 0.5) is 5.69 Å². The summed E-state index contributed by atoms with van der Waals surface area (Å²) in [6.07, 6.45) is 1.21. The van der Waals surface area contributed by atoms with Gasteiger partial charge in [0.15, 0.2) is 0 Å². The van der Waals surface area contributed by atoms with E-state index in [0.29, 0.717) is 13.2 Å². The fraction of sp³-hybridized carbons (Fsp3) is 0.286. The number of ether oxygens (including phenoxy) is 3. The topological polar surface area (TPSA) is 39.7 Å². The molecule has 0 bridgehead atoms. The molecule has 0 saturated carbocycles. The molecule has 4 heteroatoms. The van der Waals surface area contributed by atoms with Gasteiger partial charge in [0, 0.05) is 17.8 Å². The average Bonchev–Trinajstić information content (AvgIpc) is 2.81. The molecule has 0 aliphatic carbocycles. The van der Waals surface area contributed by atoms with Crippen molar-refractivity contribution in [2.75, 3.05) is 11.9 Å². The van der Waals surface area contributed by atoms with Gasteiger partial charge in [0.25, 0.3) is 0 Å². The quantitative estimate of drug-likeness (QED) is 0.405. The SMILES string of the molecule is C=CCOC1C(OCc2ccccc2)c2cc(NCc3ccccc3)ccc2OC1(C)C. The molecule has 1 aliphatic rings. The van der Waals surface area contributed by atoms with Crippen LogP contribution in [0.1, 0.15) is 36.6 Å². The second-order valence-corrected chi connectivity index (χ2v) is 8.56. The van der Waals surface area contributed by atoms with Crippen LogP contribution in [0.5, 0.6) is 5.75 Å². The van der Waals surface area contributed by atoms with Crippen LogP contribution in [0.15, 0.2) is 91.5 Å². The molecule has 4 nitrogen and oxygen atoms in total. The monoisotopic (exact) mass is 429 g/mol. The number of hydrogen-bond donors (Lipinski definition) is 1. The van der Waals surface area contributed by atoms with Gasteiger partial charge in [0.1, 0.15) is 23.6 Å².